The summed E-state index contributed by atoms with van der Waals surface area (Å²) in [6.07, 6.45) is 2.29. The topological polar surface area (TPSA) is 69.0 Å². The van der Waals surface area contributed by atoms with E-state index < -0.39 is 0 Å². The van der Waals surface area contributed by atoms with Gasteiger partial charge >= 0.3 is 0 Å². The molecule has 0 aliphatic carbocycles. The van der Waals surface area contributed by atoms with Crippen LogP contribution in [0.2, 0.25) is 0 Å². The third kappa shape index (κ3) is 5.67. The standard InChI is InChI=1S/C25H32N4O2S2/c1-16(2)19-9-5-10-20(17(3)4)23(19)26-22(30)15-33-25-28-27-24(21-11-7-13-32-21)29(25)14-18-8-6-12-31-18/h5,7,9-11,13,16-18H,6,8,12,14-15H2,1-4H3,(H,26,30)/t18-/m0/s1. The van der Waals surface area contributed by atoms with Crippen LogP contribution >= 0.6 is 23.1 Å². The van der Waals surface area contributed by atoms with E-state index in [1.54, 1.807) is 11.3 Å². The highest BCUT2D eigenvalue weighted by atomic mass is 32.2. The molecule has 0 bridgehead atoms. The van der Waals surface area contributed by atoms with Gasteiger partial charge in [-0.25, -0.2) is 0 Å². The van der Waals surface area contributed by atoms with E-state index in [0.29, 0.717) is 18.4 Å². The van der Waals surface area contributed by atoms with E-state index in [-0.39, 0.29) is 17.8 Å². The van der Waals surface area contributed by atoms with Gasteiger partial charge in [-0.3, -0.25) is 9.36 Å². The second-order valence-corrected chi connectivity index (χ2v) is 10.9. The van der Waals surface area contributed by atoms with Crippen LogP contribution in [0, 0.1) is 0 Å². The van der Waals surface area contributed by atoms with E-state index in [9.17, 15) is 4.79 Å². The van der Waals surface area contributed by atoms with Crippen molar-refractivity contribution in [3.8, 4) is 10.7 Å². The fourth-order valence-corrected chi connectivity index (χ4v) is 5.61. The van der Waals surface area contributed by atoms with Crippen LogP contribution in [0.25, 0.3) is 10.7 Å². The van der Waals surface area contributed by atoms with Gasteiger partial charge in [0.2, 0.25) is 5.91 Å². The van der Waals surface area contributed by atoms with Crippen molar-refractivity contribution in [2.75, 3.05) is 17.7 Å². The maximum atomic E-state index is 13.0. The number of thioether (sulfide) groups is 1. The van der Waals surface area contributed by atoms with Crippen molar-refractivity contribution >= 4 is 34.7 Å². The van der Waals surface area contributed by atoms with Gasteiger partial charge in [0, 0.05) is 12.3 Å². The van der Waals surface area contributed by atoms with E-state index in [2.05, 4.69) is 72.0 Å². The molecule has 0 radical (unpaired) electrons. The number of nitrogens with zero attached hydrogens (tertiary/aromatic N) is 3. The number of ether oxygens (including phenoxy) is 1. The van der Waals surface area contributed by atoms with Crippen LogP contribution in [0.15, 0.2) is 40.9 Å². The van der Waals surface area contributed by atoms with Crippen molar-refractivity contribution in [1.29, 1.82) is 0 Å². The van der Waals surface area contributed by atoms with E-state index >= 15 is 0 Å². The average molecular weight is 485 g/mol. The number of para-hydroxylation sites is 1. The summed E-state index contributed by atoms with van der Waals surface area (Å²) in [6.45, 7) is 10.1. The molecule has 0 unspecified atom stereocenters. The summed E-state index contributed by atoms with van der Waals surface area (Å²) in [5.41, 5.74) is 3.29. The zero-order valence-electron chi connectivity index (χ0n) is 19.7. The van der Waals surface area contributed by atoms with Crippen LogP contribution in [0.4, 0.5) is 5.69 Å². The Hall–Kier alpha value is -2.16. The molecule has 0 spiro atoms. The van der Waals surface area contributed by atoms with Crippen LogP contribution < -0.4 is 5.32 Å². The van der Waals surface area contributed by atoms with Crippen LogP contribution in [0.3, 0.4) is 0 Å². The molecule has 1 saturated heterocycles. The highest BCUT2D eigenvalue weighted by molar-refractivity contribution is 7.99. The molecule has 6 nitrogen and oxygen atoms in total. The van der Waals surface area contributed by atoms with Crippen molar-refractivity contribution < 1.29 is 9.53 Å². The zero-order chi connectivity index (χ0) is 23.4. The number of anilines is 1. The summed E-state index contributed by atoms with van der Waals surface area (Å²) in [4.78, 5) is 14.1. The molecule has 1 amide bonds. The summed E-state index contributed by atoms with van der Waals surface area (Å²) >= 11 is 3.07. The number of aromatic nitrogens is 3. The van der Waals surface area contributed by atoms with Gasteiger partial charge in [-0.05, 0) is 47.3 Å². The number of carbonyl (C=O) groups excluding carboxylic acids is 1. The fraction of sp³-hybridized carbons (Fsp3) is 0.480. The van der Waals surface area contributed by atoms with Gasteiger partial charge < -0.3 is 10.1 Å². The molecule has 1 aliphatic rings. The molecule has 0 saturated carbocycles. The number of amides is 1. The third-order valence-corrected chi connectivity index (χ3v) is 7.67. The molecule has 1 aliphatic heterocycles. The maximum absolute atomic E-state index is 13.0. The van der Waals surface area contributed by atoms with Crippen molar-refractivity contribution in [3.05, 3.63) is 46.8 Å². The number of rotatable bonds is 9. The molecule has 1 fully saturated rings. The Balaban J connectivity index is 1.51. The lowest BCUT2D eigenvalue weighted by Gasteiger charge is -2.20. The Labute approximate surface area is 204 Å². The number of benzene rings is 1. The Morgan fingerprint density at radius 1 is 1.18 bits per heavy atom. The number of nitrogens with one attached hydrogen (secondary N) is 1. The molecule has 2 aromatic heterocycles. The minimum Gasteiger partial charge on any atom is -0.376 e. The van der Waals surface area contributed by atoms with Gasteiger partial charge in [0.1, 0.15) is 0 Å². The lowest BCUT2D eigenvalue weighted by molar-refractivity contribution is -0.113. The zero-order valence-corrected chi connectivity index (χ0v) is 21.3. The molecule has 1 aromatic carbocycles. The Bertz CT molecular complexity index is 1040. The first-order chi connectivity index (χ1) is 15.9. The summed E-state index contributed by atoms with van der Waals surface area (Å²) in [7, 11) is 0. The third-order valence-electron chi connectivity index (χ3n) is 5.84. The molecule has 176 valence electrons. The Morgan fingerprint density at radius 2 is 1.94 bits per heavy atom. The van der Waals surface area contributed by atoms with Gasteiger partial charge in [0.25, 0.3) is 0 Å². The second-order valence-electron chi connectivity index (χ2n) is 8.99. The van der Waals surface area contributed by atoms with Crippen molar-refractivity contribution in [1.82, 2.24) is 14.8 Å². The van der Waals surface area contributed by atoms with Crippen molar-refractivity contribution in [2.45, 2.75) is 70.2 Å². The van der Waals surface area contributed by atoms with Crippen molar-refractivity contribution in [3.63, 3.8) is 0 Å². The molecule has 4 rings (SSSR count). The molecular weight excluding hydrogens is 452 g/mol. The minimum absolute atomic E-state index is 0.0284. The largest absolute Gasteiger partial charge is 0.376 e. The van der Waals surface area contributed by atoms with Crippen molar-refractivity contribution in [2.24, 2.45) is 0 Å². The van der Waals surface area contributed by atoms with Crippen LogP contribution in [-0.4, -0.2) is 39.1 Å². The van der Waals surface area contributed by atoms with Crippen LogP contribution in [0.1, 0.15) is 63.5 Å². The summed E-state index contributed by atoms with van der Waals surface area (Å²) in [5.74, 6) is 1.75. The van der Waals surface area contributed by atoms with Gasteiger partial charge in [-0.2, -0.15) is 0 Å². The molecule has 33 heavy (non-hydrogen) atoms. The minimum atomic E-state index is -0.0284. The smallest absolute Gasteiger partial charge is 0.234 e. The number of thiophene rings is 1. The summed E-state index contributed by atoms with van der Waals surface area (Å²) in [6, 6.07) is 10.4. The highest BCUT2D eigenvalue weighted by Gasteiger charge is 2.23. The first-order valence-electron chi connectivity index (χ1n) is 11.6. The normalized spacial score (nSPS) is 16.1. The highest BCUT2D eigenvalue weighted by Crippen LogP contribution is 2.33. The first kappa shape index (κ1) is 24.0. The van der Waals surface area contributed by atoms with E-state index in [0.717, 1.165) is 41.0 Å². The molecule has 1 atom stereocenters. The lowest BCUT2D eigenvalue weighted by atomic mass is 9.92. The molecule has 3 aromatic rings. The molecule has 3 heterocycles. The fourth-order valence-electron chi connectivity index (χ4n) is 4.14. The number of carbonyl (C=O) groups is 1. The van der Waals surface area contributed by atoms with Crippen LogP contribution in [0.5, 0.6) is 0 Å². The Kier molecular flexibility index (Phi) is 7.88. The lowest BCUT2D eigenvalue weighted by Crippen LogP contribution is -2.19. The maximum Gasteiger partial charge on any atom is 0.234 e. The predicted molar refractivity (Wildman–Crippen MR) is 136 cm³/mol. The van der Waals surface area contributed by atoms with Gasteiger partial charge in [0.15, 0.2) is 11.0 Å². The first-order valence-corrected chi connectivity index (χ1v) is 13.4. The SMILES string of the molecule is CC(C)c1cccc(C(C)C)c1NC(=O)CSc1nnc(-c2cccs2)n1C[C@@H]1CCCO1. The van der Waals surface area contributed by atoms with E-state index in [1.807, 2.05) is 11.4 Å². The molecular formula is C25H32N4O2S2. The average Bonchev–Trinajstić information content (AvgIpc) is 3.55. The van der Waals surface area contributed by atoms with E-state index in [4.69, 9.17) is 4.74 Å². The Morgan fingerprint density at radius 3 is 2.55 bits per heavy atom. The number of hydrogen-bond acceptors (Lipinski definition) is 6. The van der Waals surface area contributed by atoms with Gasteiger partial charge in [0.05, 0.1) is 23.3 Å². The quantitative estimate of drug-likeness (QED) is 0.368. The molecule has 1 N–H and O–H groups in total. The monoisotopic (exact) mass is 484 g/mol. The van der Waals surface area contributed by atoms with Crippen LogP contribution in [-0.2, 0) is 16.1 Å². The number of hydrogen-bond donors (Lipinski definition) is 1. The summed E-state index contributed by atoms with van der Waals surface area (Å²) in [5, 5.41) is 14.9. The van der Waals surface area contributed by atoms with E-state index in [1.165, 1.54) is 22.9 Å². The predicted octanol–water partition coefficient (Wildman–Crippen LogP) is 6.16. The van der Waals surface area contributed by atoms with Gasteiger partial charge in [-0.15, -0.1) is 21.5 Å². The molecule has 8 heteroatoms. The summed E-state index contributed by atoms with van der Waals surface area (Å²) < 4.78 is 7.98. The second kappa shape index (κ2) is 10.8. The van der Waals surface area contributed by atoms with Gasteiger partial charge in [-0.1, -0.05) is 63.7 Å².